The third-order valence-electron chi connectivity index (χ3n) is 8.31. The maximum Gasteiger partial charge on any atom is 0.268 e. The summed E-state index contributed by atoms with van der Waals surface area (Å²) >= 11 is 12.1. The van der Waals surface area contributed by atoms with Gasteiger partial charge in [0.25, 0.3) is 5.91 Å². The zero-order valence-corrected chi connectivity index (χ0v) is 24.5. The van der Waals surface area contributed by atoms with Crippen LogP contribution >= 0.6 is 23.2 Å². The van der Waals surface area contributed by atoms with Gasteiger partial charge in [-0.2, -0.15) is 0 Å². The van der Waals surface area contributed by atoms with E-state index in [-0.39, 0.29) is 40.9 Å². The fraction of sp³-hybridized carbons (Fsp3) is 0.448. The van der Waals surface area contributed by atoms with Crippen molar-refractivity contribution in [3.63, 3.8) is 0 Å². The van der Waals surface area contributed by atoms with E-state index >= 15 is 0 Å². The molecule has 0 aliphatic carbocycles. The first kappa shape index (κ1) is 28.1. The molecule has 0 radical (unpaired) electrons. The Balaban J connectivity index is 1.19. The molecule has 3 aliphatic rings. The van der Waals surface area contributed by atoms with Crippen LogP contribution in [0.1, 0.15) is 65.0 Å². The number of aromatic nitrogens is 3. The molecule has 2 saturated heterocycles. The van der Waals surface area contributed by atoms with Crippen LogP contribution in [0.3, 0.4) is 0 Å². The molecule has 3 aromatic rings. The van der Waals surface area contributed by atoms with Crippen molar-refractivity contribution in [2.45, 2.75) is 56.6 Å². The van der Waals surface area contributed by atoms with Crippen LogP contribution in [0.4, 0.5) is 0 Å². The van der Waals surface area contributed by atoms with Gasteiger partial charge in [-0.3, -0.25) is 14.5 Å². The van der Waals surface area contributed by atoms with Crippen molar-refractivity contribution in [3.8, 4) is 0 Å². The number of hydrogen-bond acceptors (Lipinski definition) is 7. The molecular formula is C29H33Cl2N7O3. The van der Waals surface area contributed by atoms with E-state index < -0.39 is 17.5 Å². The number of amides is 2. The minimum Gasteiger partial charge on any atom is -0.370 e. The lowest BCUT2D eigenvalue weighted by Gasteiger charge is -2.29. The number of nitrogens with one attached hydrogen (secondary N) is 3. The molecule has 0 unspecified atom stereocenters. The number of halogens is 2. The first-order chi connectivity index (χ1) is 19.7. The number of fused-ring (bicyclic) bond motifs is 1. The van der Waals surface area contributed by atoms with E-state index in [4.69, 9.17) is 32.9 Å². The first-order valence-electron chi connectivity index (χ1n) is 13.8. The van der Waals surface area contributed by atoms with E-state index in [9.17, 15) is 9.59 Å². The standard InChI is InChI=1S/C29H33Cl2N7O3/c1-17(26-32-12-19-13-38(15-23(19)35-26)20-8-9-37(2)14-20)33-28(40)29(36-27(39)22-10-21(30)25(31)34-22)11-24(41-16-29)18-6-4-3-5-7-18/h3-7,10,12,17,20,24,34H,8-9,11,13-16H2,1-2H3,(H,33,40)(H,36,39)/t17-,20+,24-,29+/m0/s1. The number of ether oxygens (including phenoxy) is 1. The van der Waals surface area contributed by atoms with E-state index in [1.807, 2.05) is 43.5 Å². The fourth-order valence-corrected chi connectivity index (χ4v) is 6.25. The minimum absolute atomic E-state index is 0.00509. The number of aromatic amines is 1. The van der Waals surface area contributed by atoms with Gasteiger partial charge >= 0.3 is 0 Å². The second-order valence-electron chi connectivity index (χ2n) is 11.3. The number of nitrogens with zero attached hydrogens (tertiary/aromatic N) is 4. The first-order valence-corrected chi connectivity index (χ1v) is 14.6. The third kappa shape index (κ3) is 5.72. The predicted molar refractivity (Wildman–Crippen MR) is 155 cm³/mol. The quantitative estimate of drug-likeness (QED) is 0.381. The number of rotatable bonds is 7. The van der Waals surface area contributed by atoms with Crippen LogP contribution in [0.15, 0.2) is 42.6 Å². The lowest BCUT2D eigenvalue weighted by Crippen LogP contribution is -2.59. The smallest absolute Gasteiger partial charge is 0.268 e. The van der Waals surface area contributed by atoms with Crippen molar-refractivity contribution < 1.29 is 14.3 Å². The van der Waals surface area contributed by atoms with Crippen molar-refractivity contribution in [3.05, 3.63) is 81.1 Å². The van der Waals surface area contributed by atoms with Gasteiger partial charge in [-0.25, -0.2) is 9.97 Å². The number of hydrogen-bond donors (Lipinski definition) is 3. The molecule has 2 fully saturated rings. The lowest BCUT2D eigenvalue weighted by molar-refractivity contribution is -0.128. The maximum atomic E-state index is 13.9. The number of likely N-dealkylation sites (tertiary alicyclic amines) is 1. The summed E-state index contributed by atoms with van der Waals surface area (Å²) in [4.78, 5) is 44.2. The van der Waals surface area contributed by atoms with Crippen molar-refractivity contribution in [1.29, 1.82) is 0 Å². The van der Waals surface area contributed by atoms with Gasteiger partial charge in [-0.05, 0) is 38.6 Å². The summed E-state index contributed by atoms with van der Waals surface area (Å²) < 4.78 is 6.08. The van der Waals surface area contributed by atoms with E-state index in [0.717, 1.165) is 49.4 Å². The number of H-pyrrole nitrogens is 1. The largest absolute Gasteiger partial charge is 0.370 e. The third-order valence-corrected chi connectivity index (χ3v) is 9.00. The highest BCUT2D eigenvalue weighted by molar-refractivity contribution is 6.41. The topological polar surface area (TPSA) is 115 Å². The summed E-state index contributed by atoms with van der Waals surface area (Å²) in [6.45, 7) is 5.63. The molecule has 3 aliphatic heterocycles. The summed E-state index contributed by atoms with van der Waals surface area (Å²) in [7, 11) is 2.15. The average Bonchev–Trinajstić information content (AvgIpc) is 3.75. The molecule has 12 heteroatoms. The number of benzene rings is 1. The van der Waals surface area contributed by atoms with Crippen LogP contribution in [0.5, 0.6) is 0 Å². The highest BCUT2D eigenvalue weighted by Gasteiger charge is 2.49. The second-order valence-corrected chi connectivity index (χ2v) is 12.1. The zero-order chi connectivity index (χ0) is 28.7. The molecular weight excluding hydrogens is 565 g/mol. The van der Waals surface area contributed by atoms with Gasteiger partial charge in [0.05, 0.1) is 29.5 Å². The van der Waals surface area contributed by atoms with Crippen LogP contribution < -0.4 is 10.6 Å². The Hall–Kier alpha value is -3.02. The van der Waals surface area contributed by atoms with Crippen LogP contribution in [0, 0.1) is 0 Å². The number of carbonyl (C=O) groups excluding carboxylic acids is 2. The van der Waals surface area contributed by atoms with Crippen LogP contribution in [-0.2, 0) is 22.6 Å². The molecule has 4 atom stereocenters. The van der Waals surface area contributed by atoms with Gasteiger partial charge in [-0.15, -0.1) is 0 Å². The van der Waals surface area contributed by atoms with Crippen LogP contribution in [0.2, 0.25) is 10.2 Å². The Morgan fingerprint density at radius 2 is 2.02 bits per heavy atom. The van der Waals surface area contributed by atoms with Crippen LogP contribution in [0.25, 0.3) is 0 Å². The summed E-state index contributed by atoms with van der Waals surface area (Å²) in [6, 6.07) is 11.1. The minimum atomic E-state index is -1.34. The van der Waals surface area contributed by atoms with Crippen LogP contribution in [-0.4, -0.2) is 74.9 Å². The van der Waals surface area contributed by atoms with E-state index in [0.29, 0.717) is 11.9 Å². The molecule has 41 heavy (non-hydrogen) atoms. The molecule has 2 aromatic heterocycles. The van der Waals surface area contributed by atoms with Gasteiger partial charge in [0.15, 0.2) is 5.82 Å². The van der Waals surface area contributed by atoms with Crippen molar-refractivity contribution in [1.82, 2.24) is 35.4 Å². The Morgan fingerprint density at radius 1 is 1.22 bits per heavy atom. The normalized spacial score (nSPS) is 25.3. The Morgan fingerprint density at radius 3 is 2.73 bits per heavy atom. The maximum absolute atomic E-state index is 13.9. The molecule has 3 N–H and O–H groups in total. The molecule has 0 spiro atoms. The Bertz CT molecular complexity index is 1430. The molecule has 2 amide bonds. The van der Waals surface area contributed by atoms with Gasteiger partial charge in [-0.1, -0.05) is 53.5 Å². The summed E-state index contributed by atoms with van der Waals surface area (Å²) in [5.41, 5.74) is 1.88. The van der Waals surface area contributed by atoms with Gasteiger partial charge in [0.1, 0.15) is 16.4 Å². The van der Waals surface area contributed by atoms with Crippen molar-refractivity contribution in [2.75, 3.05) is 26.7 Å². The summed E-state index contributed by atoms with van der Waals surface area (Å²) in [6.07, 6.45) is 2.90. The summed E-state index contributed by atoms with van der Waals surface area (Å²) in [5, 5.41) is 6.34. The van der Waals surface area contributed by atoms with E-state index in [1.165, 1.54) is 6.07 Å². The van der Waals surface area contributed by atoms with E-state index in [2.05, 4.69) is 37.4 Å². The monoisotopic (exact) mass is 597 g/mol. The predicted octanol–water partition coefficient (Wildman–Crippen LogP) is 3.64. The van der Waals surface area contributed by atoms with Gasteiger partial charge in [0.2, 0.25) is 5.91 Å². The Labute approximate surface area is 248 Å². The molecule has 10 nitrogen and oxygen atoms in total. The van der Waals surface area contributed by atoms with E-state index in [1.54, 1.807) is 0 Å². The molecule has 0 bridgehead atoms. The lowest BCUT2D eigenvalue weighted by atomic mass is 9.91. The SMILES string of the molecule is C[C@H](NC(=O)[C@]1(NC(=O)c2cc(Cl)c(Cl)[nH]2)CO[C@H](c2ccccc2)C1)c1ncc2c(n1)CN([C@@H]1CCN(C)C1)C2. The number of likely N-dealkylation sites (N-methyl/N-ethyl adjacent to an activating group) is 1. The molecule has 1 aromatic carbocycles. The fourth-order valence-electron chi connectivity index (χ4n) is 5.94. The average molecular weight is 599 g/mol. The second kappa shape index (κ2) is 11.3. The van der Waals surface area contributed by atoms with Gasteiger partial charge < -0.3 is 25.3 Å². The molecule has 0 saturated carbocycles. The highest BCUT2D eigenvalue weighted by Crippen LogP contribution is 2.36. The zero-order valence-electron chi connectivity index (χ0n) is 23.0. The molecule has 6 rings (SSSR count). The highest BCUT2D eigenvalue weighted by atomic mass is 35.5. The Kier molecular flexibility index (Phi) is 7.78. The van der Waals surface area contributed by atoms with Crippen molar-refractivity contribution in [2.24, 2.45) is 0 Å². The molecule has 5 heterocycles. The van der Waals surface area contributed by atoms with Gasteiger partial charge in [0, 0.05) is 43.9 Å². The summed E-state index contributed by atoms with van der Waals surface area (Å²) in [5.74, 6) is -0.351. The molecule has 216 valence electrons. The number of carbonyl (C=O) groups is 2. The van der Waals surface area contributed by atoms with Crippen molar-refractivity contribution >= 4 is 35.0 Å².